The normalized spacial score (nSPS) is 18.1. The number of hydrogen-bond donors (Lipinski definition) is 1. The molecule has 1 atom stereocenters. The molecule has 4 nitrogen and oxygen atoms in total. The van der Waals surface area contributed by atoms with Crippen molar-refractivity contribution in [2.24, 2.45) is 0 Å². The molecule has 0 unspecified atom stereocenters. The van der Waals surface area contributed by atoms with Crippen molar-refractivity contribution in [1.29, 1.82) is 0 Å². The van der Waals surface area contributed by atoms with E-state index in [1.54, 1.807) is 18.4 Å². The minimum absolute atomic E-state index is 0.0424. The number of likely N-dealkylation sites (tertiary alicyclic amines) is 1. The van der Waals surface area contributed by atoms with Gasteiger partial charge in [-0.05, 0) is 48.9 Å². The quantitative estimate of drug-likeness (QED) is 0.830. The van der Waals surface area contributed by atoms with Crippen LogP contribution >= 0.6 is 11.3 Å². The number of urea groups is 1. The average Bonchev–Trinajstić information content (AvgIpc) is 2.99. The summed E-state index contributed by atoms with van der Waals surface area (Å²) in [6, 6.07) is 10.1. The second kappa shape index (κ2) is 7.71. The zero-order valence-corrected chi connectivity index (χ0v) is 15.1. The van der Waals surface area contributed by atoms with E-state index in [0.29, 0.717) is 5.75 Å². The highest BCUT2D eigenvalue weighted by atomic mass is 32.1. The van der Waals surface area contributed by atoms with Crippen LogP contribution in [0.3, 0.4) is 0 Å². The van der Waals surface area contributed by atoms with E-state index in [-0.39, 0.29) is 12.1 Å². The first-order chi connectivity index (χ1) is 11.7. The lowest BCUT2D eigenvalue weighted by Gasteiger charge is -2.29. The third-order valence-corrected chi connectivity index (χ3v) is 5.46. The zero-order valence-electron chi connectivity index (χ0n) is 14.2. The summed E-state index contributed by atoms with van der Waals surface area (Å²) in [6.07, 6.45) is 4.43. The van der Waals surface area contributed by atoms with Crippen LogP contribution in [0.4, 0.5) is 10.5 Å². The van der Waals surface area contributed by atoms with Gasteiger partial charge in [-0.2, -0.15) is 0 Å². The Bertz CT molecular complexity index is 685. The predicted octanol–water partition coefficient (Wildman–Crippen LogP) is 5.21. The number of methoxy groups -OCH3 is 1. The summed E-state index contributed by atoms with van der Waals surface area (Å²) < 4.78 is 5.38. The Balaban J connectivity index is 1.82. The summed E-state index contributed by atoms with van der Waals surface area (Å²) >= 11 is 1.73. The van der Waals surface area contributed by atoms with E-state index in [2.05, 4.69) is 22.8 Å². The molecule has 24 heavy (non-hydrogen) atoms. The average molecular weight is 344 g/mol. The van der Waals surface area contributed by atoms with Gasteiger partial charge < -0.3 is 15.0 Å². The highest BCUT2D eigenvalue weighted by Gasteiger charge is 2.27. The molecule has 0 radical (unpaired) electrons. The monoisotopic (exact) mass is 344 g/mol. The van der Waals surface area contributed by atoms with E-state index in [0.717, 1.165) is 30.6 Å². The first kappa shape index (κ1) is 16.8. The Morgan fingerprint density at radius 2 is 2.17 bits per heavy atom. The van der Waals surface area contributed by atoms with Gasteiger partial charge in [0.15, 0.2) is 0 Å². The van der Waals surface area contributed by atoms with Crippen molar-refractivity contribution in [3.05, 3.63) is 46.2 Å². The molecule has 2 heterocycles. The number of rotatable bonds is 3. The Morgan fingerprint density at radius 1 is 1.29 bits per heavy atom. The fourth-order valence-electron chi connectivity index (χ4n) is 3.23. The summed E-state index contributed by atoms with van der Waals surface area (Å²) in [5, 5.41) is 5.14. The van der Waals surface area contributed by atoms with Crippen LogP contribution in [0.5, 0.6) is 5.75 Å². The SMILES string of the molecule is COc1ccc(C)cc1NC(=O)N1CCCCC[C@H]1c1cccs1. The summed E-state index contributed by atoms with van der Waals surface area (Å²) in [5.74, 6) is 0.691. The Hall–Kier alpha value is -2.01. The van der Waals surface area contributed by atoms with E-state index >= 15 is 0 Å². The van der Waals surface area contributed by atoms with Crippen LogP contribution in [0.1, 0.15) is 42.2 Å². The summed E-state index contributed by atoms with van der Waals surface area (Å²) in [4.78, 5) is 16.2. The lowest BCUT2D eigenvalue weighted by Crippen LogP contribution is -2.37. The molecule has 2 aromatic rings. The number of ether oxygens (including phenoxy) is 1. The van der Waals surface area contributed by atoms with Crippen LogP contribution in [0, 0.1) is 6.92 Å². The van der Waals surface area contributed by atoms with Crippen molar-refractivity contribution in [3.63, 3.8) is 0 Å². The van der Waals surface area contributed by atoms with Crippen LogP contribution in [-0.4, -0.2) is 24.6 Å². The van der Waals surface area contributed by atoms with Gasteiger partial charge in [0.05, 0.1) is 18.8 Å². The highest BCUT2D eigenvalue weighted by molar-refractivity contribution is 7.10. The number of amides is 2. The number of carbonyl (C=O) groups excluding carboxylic acids is 1. The fraction of sp³-hybridized carbons (Fsp3) is 0.421. The van der Waals surface area contributed by atoms with Crippen LogP contribution in [0.25, 0.3) is 0 Å². The van der Waals surface area contributed by atoms with Gasteiger partial charge in [0.2, 0.25) is 0 Å². The maximum absolute atomic E-state index is 13.0. The predicted molar refractivity (Wildman–Crippen MR) is 99.0 cm³/mol. The first-order valence-corrected chi connectivity index (χ1v) is 9.32. The third-order valence-electron chi connectivity index (χ3n) is 4.48. The van der Waals surface area contributed by atoms with Crippen molar-refractivity contribution < 1.29 is 9.53 Å². The molecule has 1 saturated heterocycles. The maximum Gasteiger partial charge on any atom is 0.322 e. The van der Waals surface area contributed by atoms with Crippen LogP contribution in [-0.2, 0) is 0 Å². The van der Waals surface area contributed by atoms with Gasteiger partial charge in [0.25, 0.3) is 0 Å². The smallest absolute Gasteiger partial charge is 0.322 e. The summed E-state index contributed by atoms with van der Waals surface area (Å²) in [6.45, 7) is 2.80. The van der Waals surface area contributed by atoms with Crippen molar-refractivity contribution in [2.45, 2.75) is 38.6 Å². The molecule has 0 aliphatic carbocycles. The molecule has 0 bridgehead atoms. The minimum Gasteiger partial charge on any atom is -0.495 e. The van der Waals surface area contributed by atoms with E-state index in [1.165, 1.54) is 17.7 Å². The molecule has 1 aromatic heterocycles. The molecule has 2 amide bonds. The van der Waals surface area contributed by atoms with Gasteiger partial charge >= 0.3 is 6.03 Å². The lowest BCUT2D eigenvalue weighted by atomic mass is 10.1. The second-order valence-electron chi connectivity index (χ2n) is 6.21. The number of carbonyl (C=O) groups is 1. The highest BCUT2D eigenvalue weighted by Crippen LogP contribution is 2.34. The number of aryl methyl sites for hydroxylation is 1. The topological polar surface area (TPSA) is 41.6 Å². The molecule has 128 valence electrons. The molecular formula is C19H24N2O2S. The van der Waals surface area contributed by atoms with Gasteiger partial charge in [0.1, 0.15) is 5.75 Å². The molecule has 1 aliphatic rings. The van der Waals surface area contributed by atoms with Gasteiger partial charge in [-0.15, -0.1) is 11.3 Å². The largest absolute Gasteiger partial charge is 0.495 e. The van der Waals surface area contributed by atoms with Crippen LogP contribution in [0.2, 0.25) is 0 Å². The van der Waals surface area contributed by atoms with E-state index in [1.807, 2.05) is 30.0 Å². The third kappa shape index (κ3) is 3.73. The second-order valence-corrected chi connectivity index (χ2v) is 7.19. The number of hydrogen-bond acceptors (Lipinski definition) is 3. The zero-order chi connectivity index (χ0) is 16.9. The van der Waals surface area contributed by atoms with Crippen molar-refractivity contribution in [3.8, 4) is 5.75 Å². The Kier molecular flexibility index (Phi) is 5.41. The first-order valence-electron chi connectivity index (χ1n) is 8.44. The molecular weight excluding hydrogens is 320 g/mol. The van der Waals surface area contributed by atoms with E-state index in [9.17, 15) is 4.79 Å². The van der Waals surface area contributed by atoms with Gasteiger partial charge in [0, 0.05) is 11.4 Å². The summed E-state index contributed by atoms with van der Waals surface area (Å²) in [7, 11) is 1.63. The van der Waals surface area contributed by atoms with Crippen molar-refractivity contribution in [2.75, 3.05) is 19.0 Å². The number of anilines is 1. The lowest BCUT2D eigenvalue weighted by molar-refractivity contribution is 0.190. The molecule has 1 N–H and O–H groups in total. The van der Waals surface area contributed by atoms with Crippen molar-refractivity contribution in [1.82, 2.24) is 4.90 Å². The van der Waals surface area contributed by atoms with E-state index in [4.69, 9.17) is 4.74 Å². The van der Waals surface area contributed by atoms with Gasteiger partial charge in [-0.3, -0.25) is 0 Å². The van der Waals surface area contributed by atoms with Gasteiger partial charge in [-0.25, -0.2) is 4.79 Å². The summed E-state index contributed by atoms with van der Waals surface area (Å²) in [5.41, 5.74) is 1.83. The van der Waals surface area contributed by atoms with Crippen LogP contribution in [0.15, 0.2) is 35.7 Å². The Labute approximate surface area is 147 Å². The number of nitrogens with one attached hydrogen (secondary N) is 1. The van der Waals surface area contributed by atoms with Crippen LogP contribution < -0.4 is 10.1 Å². The van der Waals surface area contributed by atoms with Crippen molar-refractivity contribution >= 4 is 23.1 Å². The molecule has 1 aromatic carbocycles. The maximum atomic E-state index is 13.0. The molecule has 3 rings (SSSR count). The molecule has 0 saturated carbocycles. The standard InChI is InChI=1S/C19H24N2O2S/c1-14-9-10-17(23-2)15(13-14)20-19(22)21-11-5-3-4-7-16(21)18-8-6-12-24-18/h6,8-10,12-13,16H,3-5,7,11H2,1-2H3,(H,20,22)/t16-/m0/s1. The molecule has 1 fully saturated rings. The number of benzene rings is 1. The van der Waals surface area contributed by atoms with E-state index < -0.39 is 0 Å². The Morgan fingerprint density at radius 3 is 2.92 bits per heavy atom. The molecule has 0 spiro atoms. The number of nitrogens with zero attached hydrogens (tertiary/aromatic N) is 1. The molecule has 5 heteroatoms. The minimum atomic E-state index is -0.0424. The fourth-order valence-corrected chi connectivity index (χ4v) is 4.11. The van der Waals surface area contributed by atoms with Gasteiger partial charge in [-0.1, -0.05) is 25.0 Å². The number of thiophene rings is 1. The molecule has 1 aliphatic heterocycles.